The zero-order valence-electron chi connectivity index (χ0n) is 18.8. The van der Waals surface area contributed by atoms with E-state index < -0.39 is 54.4 Å². The number of nitrogens with two attached hydrogens (primary N) is 1. The lowest BCUT2D eigenvalue weighted by Gasteiger charge is -2.32. The number of aliphatic carboxylic acids is 1. The van der Waals surface area contributed by atoms with Gasteiger partial charge in [0.25, 0.3) is 5.91 Å². The number of benzene rings is 1. The van der Waals surface area contributed by atoms with E-state index in [1.807, 2.05) is 0 Å². The smallest absolute Gasteiger partial charge is 0.321 e. The molecule has 4 atom stereocenters. The standard InChI is InChI=1S/C22H32FN3O8/c23-15-5-3-14(4-6-15)21(31)26-9-8-25(19(29)11-16(24)22(32)33)7-1-2-10-34-13-18(28)20(30)17(27)12-26/h3-6,16-18,20,27-28,30H,1-2,7-13,24H2,(H,32,33)/t16-,17-,18+,20+/m0/s1. The van der Waals surface area contributed by atoms with Gasteiger partial charge in [-0.05, 0) is 37.1 Å². The first kappa shape index (κ1) is 27.6. The summed E-state index contributed by atoms with van der Waals surface area (Å²) in [5, 5.41) is 39.8. The summed E-state index contributed by atoms with van der Waals surface area (Å²) >= 11 is 0. The van der Waals surface area contributed by atoms with Gasteiger partial charge in [-0.15, -0.1) is 0 Å². The Balaban J connectivity index is 2.24. The van der Waals surface area contributed by atoms with Gasteiger partial charge >= 0.3 is 5.97 Å². The first-order valence-electron chi connectivity index (χ1n) is 11.0. The van der Waals surface area contributed by atoms with Gasteiger partial charge in [-0.25, -0.2) is 4.39 Å². The Bertz CT molecular complexity index is 825. The number of carbonyl (C=O) groups excluding carboxylic acids is 2. The van der Waals surface area contributed by atoms with Gasteiger partial charge < -0.3 is 40.7 Å². The fourth-order valence-corrected chi connectivity index (χ4v) is 3.46. The average Bonchev–Trinajstić information content (AvgIpc) is 2.80. The summed E-state index contributed by atoms with van der Waals surface area (Å²) in [5.74, 6) is -2.94. The Morgan fingerprint density at radius 1 is 1.03 bits per heavy atom. The summed E-state index contributed by atoms with van der Waals surface area (Å²) in [6.45, 7) is -0.192. The molecule has 1 saturated heterocycles. The normalized spacial score (nSPS) is 24.2. The van der Waals surface area contributed by atoms with Gasteiger partial charge in [0.05, 0.1) is 13.0 Å². The van der Waals surface area contributed by atoms with Crippen LogP contribution in [0.4, 0.5) is 4.39 Å². The number of carboxylic acid groups (broad SMARTS) is 1. The first-order chi connectivity index (χ1) is 16.1. The number of carbonyl (C=O) groups is 3. The number of amides is 2. The van der Waals surface area contributed by atoms with E-state index in [4.69, 9.17) is 15.6 Å². The maximum absolute atomic E-state index is 13.3. The van der Waals surface area contributed by atoms with Crippen molar-refractivity contribution in [2.24, 2.45) is 5.73 Å². The van der Waals surface area contributed by atoms with Crippen molar-refractivity contribution in [1.82, 2.24) is 9.80 Å². The molecule has 0 saturated carbocycles. The first-order valence-corrected chi connectivity index (χ1v) is 11.0. The van der Waals surface area contributed by atoms with Crippen LogP contribution >= 0.6 is 0 Å². The molecule has 0 aliphatic carbocycles. The molecule has 1 fully saturated rings. The molecule has 1 heterocycles. The van der Waals surface area contributed by atoms with Crippen LogP contribution < -0.4 is 5.73 Å². The fourth-order valence-electron chi connectivity index (χ4n) is 3.46. The van der Waals surface area contributed by atoms with Crippen molar-refractivity contribution in [3.63, 3.8) is 0 Å². The molecule has 0 bridgehead atoms. The molecule has 2 rings (SSSR count). The molecule has 1 aliphatic heterocycles. The summed E-state index contributed by atoms with van der Waals surface area (Å²) in [5.41, 5.74) is 5.62. The molecule has 12 heteroatoms. The van der Waals surface area contributed by atoms with E-state index in [1.165, 1.54) is 21.9 Å². The van der Waals surface area contributed by atoms with Crippen LogP contribution in [-0.4, -0.2) is 112 Å². The predicted molar refractivity (Wildman–Crippen MR) is 117 cm³/mol. The number of halogens is 1. The number of hydrogen-bond acceptors (Lipinski definition) is 8. The Labute approximate surface area is 196 Å². The molecule has 0 aromatic heterocycles. The van der Waals surface area contributed by atoms with Crippen LogP contribution in [0.15, 0.2) is 24.3 Å². The summed E-state index contributed by atoms with van der Waals surface area (Å²) in [7, 11) is 0. The van der Waals surface area contributed by atoms with Crippen molar-refractivity contribution in [1.29, 1.82) is 0 Å². The lowest BCUT2D eigenvalue weighted by atomic mass is 10.1. The van der Waals surface area contributed by atoms with Gasteiger partial charge in [0.15, 0.2) is 0 Å². The molecule has 0 unspecified atom stereocenters. The fraction of sp³-hybridized carbons (Fsp3) is 0.591. The van der Waals surface area contributed by atoms with Crippen molar-refractivity contribution in [2.75, 3.05) is 39.4 Å². The van der Waals surface area contributed by atoms with E-state index in [1.54, 1.807) is 0 Å². The average molecular weight is 486 g/mol. The van der Waals surface area contributed by atoms with Crippen LogP contribution in [0.3, 0.4) is 0 Å². The molecular weight excluding hydrogens is 453 g/mol. The Morgan fingerprint density at radius 3 is 2.32 bits per heavy atom. The summed E-state index contributed by atoms with van der Waals surface area (Å²) in [4.78, 5) is 39.3. The zero-order chi connectivity index (χ0) is 25.3. The van der Waals surface area contributed by atoms with Crippen LogP contribution in [0, 0.1) is 5.82 Å². The number of rotatable bonds is 4. The molecule has 0 radical (unpaired) electrons. The molecular formula is C22H32FN3O8. The number of aliphatic hydroxyl groups is 3. The number of β-amino-alcohol motifs (C(OH)–C–C–N with tert-alkyl or cyclic N) is 1. The number of ether oxygens (including phenoxy) is 1. The molecule has 1 aliphatic rings. The lowest BCUT2D eigenvalue weighted by molar-refractivity contribution is -0.142. The lowest BCUT2D eigenvalue weighted by Crippen LogP contribution is -2.50. The largest absolute Gasteiger partial charge is 0.480 e. The van der Waals surface area contributed by atoms with Gasteiger partial charge in [-0.3, -0.25) is 14.4 Å². The SMILES string of the molecule is N[C@@H](CC(=O)N1CCCCOC[C@@H](O)[C@H](O)[C@@H](O)CN(C(=O)c2ccc(F)cc2)CC1)C(=O)O. The summed E-state index contributed by atoms with van der Waals surface area (Å²) in [6, 6.07) is 3.37. The monoisotopic (exact) mass is 485 g/mol. The van der Waals surface area contributed by atoms with Crippen molar-refractivity contribution in [2.45, 2.75) is 43.6 Å². The topological polar surface area (TPSA) is 174 Å². The van der Waals surface area contributed by atoms with E-state index in [2.05, 4.69) is 0 Å². The highest BCUT2D eigenvalue weighted by Gasteiger charge is 2.30. The maximum atomic E-state index is 13.3. The van der Waals surface area contributed by atoms with Crippen molar-refractivity contribution < 1.29 is 43.9 Å². The van der Waals surface area contributed by atoms with Crippen molar-refractivity contribution in [3.8, 4) is 0 Å². The zero-order valence-corrected chi connectivity index (χ0v) is 18.8. The van der Waals surface area contributed by atoms with Gasteiger partial charge in [-0.2, -0.15) is 0 Å². The van der Waals surface area contributed by atoms with Gasteiger partial charge in [0.1, 0.15) is 30.2 Å². The Morgan fingerprint density at radius 2 is 1.68 bits per heavy atom. The molecule has 2 amide bonds. The van der Waals surface area contributed by atoms with Crippen LogP contribution in [0.25, 0.3) is 0 Å². The number of hydrogen-bond donors (Lipinski definition) is 5. The van der Waals surface area contributed by atoms with Gasteiger partial charge in [0, 0.05) is 38.3 Å². The summed E-state index contributed by atoms with van der Waals surface area (Å²) < 4.78 is 18.6. The molecule has 1 aromatic rings. The molecule has 6 N–H and O–H groups in total. The molecule has 0 spiro atoms. The second kappa shape index (κ2) is 13.3. The quantitative estimate of drug-likeness (QED) is 0.351. The molecule has 11 nitrogen and oxygen atoms in total. The number of aliphatic hydroxyl groups excluding tert-OH is 3. The number of nitrogens with zero attached hydrogens (tertiary/aromatic N) is 2. The maximum Gasteiger partial charge on any atom is 0.321 e. The molecule has 1 aromatic carbocycles. The highest BCUT2D eigenvalue weighted by molar-refractivity contribution is 5.94. The third kappa shape index (κ3) is 8.29. The number of carboxylic acids is 1. The van der Waals surface area contributed by atoms with Gasteiger partial charge in [0.2, 0.25) is 5.91 Å². The predicted octanol–water partition coefficient (Wildman–Crippen LogP) is -1.21. The summed E-state index contributed by atoms with van der Waals surface area (Å²) in [6.07, 6.45) is -3.92. The minimum absolute atomic E-state index is 0.00430. The molecule has 190 valence electrons. The van der Waals surface area contributed by atoms with Crippen LogP contribution in [0.5, 0.6) is 0 Å². The van der Waals surface area contributed by atoms with Crippen molar-refractivity contribution >= 4 is 17.8 Å². The van der Waals surface area contributed by atoms with Gasteiger partial charge in [-0.1, -0.05) is 0 Å². The van der Waals surface area contributed by atoms with E-state index in [0.29, 0.717) is 12.8 Å². The highest BCUT2D eigenvalue weighted by Crippen LogP contribution is 2.12. The van der Waals surface area contributed by atoms with Crippen molar-refractivity contribution in [3.05, 3.63) is 35.6 Å². The highest BCUT2D eigenvalue weighted by atomic mass is 19.1. The minimum Gasteiger partial charge on any atom is -0.480 e. The third-order valence-electron chi connectivity index (χ3n) is 5.53. The second-order valence-corrected chi connectivity index (χ2v) is 8.20. The van der Waals surface area contributed by atoms with E-state index in [-0.39, 0.29) is 45.0 Å². The minimum atomic E-state index is -1.60. The van der Waals surface area contributed by atoms with Crippen LogP contribution in [0.1, 0.15) is 29.6 Å². The Kier molecular flexibility index (Phi) is 10.8. The third-order valence-corrected chi connectivity index (χ3v) is 5.53. The second-order valence-electron chi connectivity index (χ2n) is 8.20. The van der Waals surface area contributed by atoms with Crippen LogP contribution in [0.2, 0.25) is 0 Å². The van der Waals surface area contributed by atoms with E-state index >= 15 is 0 Å². The van der Waals surface area contributed by atoms with Crippen LogP contribution in [-0.2, 0) is 14.3 Å². The Hall–Kier alpha value is -2.64. The van der Waals surface area contributed by atoms with E-state index in [9.17, 15) is 34.1 Å². The van der Waals surface area contributed by atoms with E-state index in [0.717, 1.165) is 12.1 Å². The molecule has 34 heavy (non-hydrogen) atoms.